The second-order valence-electron chi connectivity index (χ2n) is 11.1. The van der Waals surface area contributed by atoms with Crippen LogP contribution in [0.3, 0.4) is 0 Å². The average Bonchev–Trinajstić information content (AvgIpc) is 3.37. The van der Waals surface area contributed by atoms with Crippen LogP contribution in [0.5, 0.6) is 0 Å². The van der Waals surface area contributed by atoms with Crippen molar-refractivity contribution in [1.82, 2.24) is 0 Å². The predicted octanol–water partition coefficient (Wildman–Crippen LogP) is 6.68. The molecule has 0 aromatic heterocycles. The van der Waals surface area contributed by atoms with Crippen molar-refractivity contribution in [3.8, 4) is 0 Å². The lowest BCUT2D eigenvalue weighted by Gasteiger charge is -2.43. The molecule has 38 heavy (non-hydrogen) atoms. The van der Waals surface area contributed by atoms with Crippen LogP contribution in [0.25, 0.3) is 0 Å². The predicted molar refractivity (Wildman–Crippen MR) is 157 cm³/mol. The van der Waals surface area contributed by atoms with Gasteiger partial charge in [0.15, 0.2) is 0 Å². The topological polar surface area (TPSA) is 27.7 Å². The summed E-state index contributed by atoms with van der Waals surface area (Å²) in [5.41, 5.74) is 2.36. The van der Waals surface area contributed by atoms with Gasteiger partial charge in [-0.05, 0) is 26.5 Å². The van der Waals surface area contributed by atoms with Gasteiger partial charge in [0, 0.05) is 6.42 Å². The van der Waals surface area contributed by atoms with Gasteiger partial charge in [-0.25, -0.2) is 0 Å². The Morgan fingerprint density at radius 1 is 0.711 bits per heavy atom. The van der Waals surface area contributed by atoms with Crippen molar-refractivity contribution >= 4 is 18.7 Å². The summed E-state index contributed by atoms with van der Waals surface area (Å²) >= 11 is 0. The maximum atomic E-state index is 7.25. The van der Waals surface area contributed by atoms with E-state index in [4.69, 9.17) is 13.9 Å². The molecule has 0 amide bonds. The molecule has 196 valence electrons. The number of benzene rings is 4. The summed E-state index contributed by atoms with van der Waals surface area (Å²) in [4.78, 5) is 0. The summed E-state index contributed by atoms with van der Waals surface area (Å²) in [7, 11) is -2.67. The normalized spacial score (nSPS) is 19.9. The minimum Gasteiger partial charge on any atom is -0.405 e. The molecule has 0 saturated carbocycles. The summed E-state index contributed by atoms with van der Waals surface area (Å²) in [6.45, 7) is 7.98. The molecule has 0 unspecified atom stereocenters. The van der Waals surface area contributed by atoms with Crippen LogP contribution in [0, 0.1) is 0 Å². The zero-order valence-corrected chi connectivity index (χ0v) is 23.6. The van der Waals surface area contributed by atoms with E-state index in [-0.39, 0.29) is 23.4 Å². The van der Waals surface area contributed by atoms with Crippen LogP contribution in [0.15, 0.2) is 121 Å². The van der Waals surface area contributed by atoms with E-state index < -0.39 is 8.32 Å². The van der Waals surface area contributed by atoms with Gasteiger partial charge in [0.2, 0.25) is 0 Å². The van der Waals surface area contributed by atoms with Crippen molar-refractivity contribution in [3.63, 3.8) is 0 Å². The Kier molecular flexibility index (Phi) is 8.25. The molecule has 4 aromatic carbocycles. The molecule has 5 rings (SSSR count). The van der Waals surface area contributed by atoms with Crippen LogP contribution in [0.4, 0.5) is 0 Å². The van der Waals surface area contributed by atoms with Crippen molar-refractivity contribution in [2.45, 2.75) is 57.1 Å². The number of rotatable bonds is 9. The van der Waals surface area contributed by atoms with E-state index in [9.17, 15) is 0 Å². The molecule has 3 nitrogen and oxygen atoms in total. The van der Waals surface area contributed by atoms with Crippen molar-refractivity contribution in [1.29, 1.82) is 0 Å². The number of ether oxygens (including phenoxy) is 2. The standard InChI is InChI=1S/C34H38O3Si/c1-34(2,3)38(29-20-12-6-13-21-29,30-22-14-7-15-23-30)36-26-33-32(35-25-27-16-8-4-9-17-27)24-31(37-33)28-18-10-5-11-19-28/h4-23,31-33H,24-26H2,1-3H3/t31-,32+,33-/m1/s1. The first-order valence-corrected chi connectivity index (χ1v) is 15.5. The van der Waals surface area contributed by atoms with Crippen molar-refractivity contribution in [2.75, 3.05) is 6.61 Å². The minimum absolute atomic E-state index is 0.00951. The highest BCUT2D eigenvalue weighted by Crippen LogP contribution is 2.39. The largest absolute Gasteiger partial charge is 0.405 e. The second kappa shape index (κ2) is 11.8. The van der Waals surface area contributed by atoms with Gasteiger partial charge in [0.05, 0.1) is 25.4 Å². The van der Waals surface area contributed by atoms with E-state index in [1.807, 2.05) is 12.1 Å². The number of hydrogen-bond donors (Lipinski definition) is 0. The lowest BCUT2D eigenvalue weighted by Crippen LogP contribution is -2.67. The highest BCUT2D eigenvalue weighted by atomic mass is 28.4. The first-order chi connectivity index (χ1) is 18.5. The summed E-state index contributed by atoms with van der Waals surface area (Å²) < 4.78 is 20.5. The first kappa shape index (κ1) is 26.6. The van der Waals surface area contributed by atoms with Crippen LogP contribution in [-0.2, 0) is 20.5 Å². The molecular formula is C34H38O3Si. The Hall–Kier alpha value is -3.02. The van der Waals surface area contributed by atoms with Gasteiger partial charge in [-0.15, -0.1) is 0 Å². The first-order valence-electron chi connectivity index (χ1n) is 13.6. The van der Waals surface area contributed by atoms with E-state index in [1.165, 1.54) is 21.5 Å². The minimum atomic E-state index is -2.67. The molecule has 0 radical (unpaired) electrons. The van der Waals surface area contributed by atoms with Crippen LogP contribution < -0.4 is 10.4 Å². The third-order valence-electron chi connectivity index (χ3n) is 7.56. The molecule has 0 aliphatic carbocycles. The van der Waals surface area contributed by atoms with Gasteiger partial charge in [0.25, 0.3) is 8.32 Å². The van der Waals surface area contributed by atoms with Crippen molar-refractivity contribution in [2.24, 2.45) is 0 Å². The Morgan fingerprint density at radius 2 is 1.21 bits per heavy atom. The number of hydrogen-bond acceptors (Lipinski definition) is 3. The van der Waals surface area contributed by atoms with Crippen LogP contribution in [0.1, 0.15) is 44.4 Å². The van der Waals surface area contributed by atoms with Gasteiger partial charge in [-0.1, -0.05) is 142 Å². The summed E-state index contributed by atoms with van der Waals surface area (Å²) in [5, 5.41) is 2.46. The van der Waals surface area contributed by atoms with Gasteiger partial charge in [-0.3, -0.25) is 0 Å². The second-order valence-corrected chi connectivity index (χ2v) is 15.4. The molecule has 3 atom stereocenters. The molecule has 1 aliphatic heterocycles. The molecule has 1 fully saturated rings. The van der Waals surface area contributed by atoms with E-state index >= 15 is 0 Å². The zero-order valence-electron chi connectivity index (χ0n) is 22.6. The quantitative estimate of drug-likeness (QED) is 0.230. The lowest BCUT2D eigenvalue weighted by atomic mass is 10.0. The fraction of sp³-hybridized carbons (Fsp3) is 0.294. The Balaban J connectivity index is 1.45. The molecule has 1 aliphatic rings. The van der Waals surface area contributed by atoms with Gasteiger partial charge in [0.1, 0.15) is 6.10 Å². The maximum Gasteiger partial charge on any atom is 0.261 e. The van der Waals surface area contributed by atoms with Gasteiger partial charge >= 0.3 is 0 Å². The summed E-state index contributed by atoms with van der Waals surface area (Å²) in [5.74, 6) is 0. The lowest BCUT2D eigenvalue weighted by molar-refractivity contribution is -0.0494. The van der Waals surface area contributed by atoms with Crippen molar-refractivity contribution in [3.05, 3.63) is 132 Å². The molecule has 0 bridgehead atoms. The summed E-state index contributed by atoms with van der Waals surface area (Å²) in [6, 6.07) is 42.4. The van der Waals surface area contributed by atoms with E-state index in [1.54, 1.807) is 0 Å². The molecule has 1 heterocycles. The summed E-state index contributed by atoms with van der Waals surface area (Å²) in [6.07, 6.45) is 0.583. The SMILES string of the molecule is CC(C)(C)[Si](OC[C@H]1O[C@@H](c2ccccc2)C[C@@H]1OCc1ccccc1)(c1ccccc1)c1ccccc1. The highest BCUT2D eigenvalue weighted by Gasteiger charge is 2.51. The molecule has 0 N–H and O–H groups in total. The van der Waals surface area contributed by atoms with Crippen LogP contribution in [-0.4, -0.2) is 27.1 Å². The smallest absolute Gasteiger partial charge is 0.261 e. The van der Waals surface area contributed by atoms with Crippen LogP contribution in [0.2, 0.25) is 5.04 Å². The fourth-order valence-electron chi connectivity index (χ4n) is 5.67. The molecule has 1 saturated heterocycles. The zero-order chi connectivity index (χ0) is 26.4. The van der Waals surface area contributed by atoms with Crippen molar-refractivity contribution < 1.29 is 13.9 Å². The maximum absolute atomic E-state index is 7.25. The van der Waals surface area contributed by atoms with E-state index in [0.717, 1.165) is 6.42 Å². The molecule has 4 aromatic rings. The Bertz CT molecular complexity index is 1220. The third-order valence-corrected chi connectivity index (χ3v) is 12.6. The fourth-order valence-corrected chi connectivity index (χ4v) is 10.2. The van der Waals surface area contributed by atoms with Gasteiger partial charge in [-0.2, -0.15) is 0 Å². The van der Waals surface area contributed by atoms with Crippen LogP contribution >= 0.6 is 0 Å². The molecule has 0 spiro atoms. The Morgan fingerprint density at radius 3 is 1.74 bits per heavy atom. The monoisotopic (exact) mass is 522 g/mol. The Labute approximate surface area is 228 Å². The van der Waals surface area contributed by atoms with E-state index in [2.05, 4.69) is 130 Å². The third kappa shape index (κ3) is 5.69. The van der Waals surface area contributed by atoms with E-state index in [0.29, 0.717) is 13.2 Å². The molecular weight excluding hydrogens is 484 g/mol. The highest BCUT2D eigenvalue weighted by molar-refractivity contribution is 6.99. The van der Waals surface area contributed by atoms with Gasteiger partial charge < -0.3 is 13.9 Å². The average molecular weight is 523 g/mol. The molecule has 4 heteroatoms.